The molecule has 0 spiro atoms. The van der Waals surface area contributed by atoms with E-state index in [0.29, 0.717) is 6.42 Å². The highest BCUT2D eigenvalue weighted by atomic mass is 32.1. The van der Waals surface area contributed by atoms with Crippen LogP contribution in [-0.2, 0) is 24.1 Å². The Balaban J connectivity index is 1.61. The summed E-state index contributed by atoms with van der Waals surface area (Å²) in [5.74, 6) is 0.0798. The summed E-state index contributed by atoms with van der Waals surface area (Å²) in [4.78, 5) is 16.2. The van der Waals surface area contributed by atoms with E-state index in [1.165, 1.54) is 22.5 Å². The zero-order valence-electron chi connectivity index (χ0n) is 11.2. The second kappa shape index (κ2) is 5.50. The fourth-order valence-electron chi connectivity index (χ4n) is 2.69. The van der Waals surface area contributed by atoms with Crippen LogP contribution in [0.4, 0.5) is 0 Å². The van der Waals surface area contributed by atoms with Crippen LogP contribution < -0.4 is 5.32 Å². The number of H-pyrrole nitrogens is 1. The van der Waals surface area contributed by atoms with Crippen LogP contribution in [0.25, 0.3) is 0 Å². The van der Waals surface area contributed by atoms with Crippen molar-refractivity contribution in [1.82, 2.24) is 10.3 Å². The third-order valence-electron chi connectivity index (χ3n) is 3.66. The van der Waals surface area contributed by atoms with E-state index >= 15 is 0 Å². The lowest BCUT2D eigenvalue weighted by Crippen LogP contribution is -2.36. The quantitative estimate of drug-likeness (QED) is 0.856. The Morgan fingerprint density at radius 2 is 2.05 bits per heavy atom. The van der Waals surface area contributed by atoms with Crippen LogP contribution >= 0.6 is 23.6 Å². The van der Waals surface area contributed by atoms with E-state index in [9.17, 15) is 4.79 Å². The molecule has 3 rings (SSSR count). The zero-order valence-corrected chi connectivity index (χ0v) is 12.9. The molecule has 0 fully saturated rings. The van der Waals surface area contributed by atoms with Gasteiger partial charge in [0.05, 0.1) is 6.42 Å². The predicted molar refractivity (Wildman–Crippen MR) is 83.7 cm³/mol. The van der Waals surface area contributed by atoms with Gasteiger partial charge in [-0.25, -0.2) is 0 Å². The average molecular weight is 304 g/mol. The molecule has 2 N–H and O–H groups in total. The number of nitrogens with one attached hydrogen (secondary N) is 2. The van der Waals surface area contributed by atoms with E-state index < -0.39 is 0 Å². The lowest BCUT2D eigenvalue weighted by atomic mass is 10.1. The number of hydrogen-bond acceptors (Lipinski definition) is 3. The summed E-state index contributed by atoms with van der Waals surface area (Å²) in [6.45, 7) is 1.96. The average Bonchev–Trinajstić information content (AvgIpc) is 2.92. The van der Waals surface area contributed by atoms with Crippen LogP contribution in [0.1, 0.15) is 21.7 Å². The predicted octanol–water partition coefficient (Wildman–Crippen LogP) is 2.94. The van der Waals surface area contributed by atoms with Gasteiger partial charge < -0.3 is 10.3 Å². The number of thiazole rings is 1. The van der Waals surface area contributed by atoms with Crippen molar-refractivity contribution in [2.45, 2.75) is 32.2 Å². The van der Waals surface area contributed by atoms with Gasteiger partial charge in [0.25, 0.3) is 0 Å². The van der Waals surface area contributed by atoms with Gasteiger partial charge in [0, 0.05) is 16.6 Å². The Kier molecular flexibility index (Phi) is 3.72. The van der Waals surface area contributed by atoms with Gasteiger partial charge in [0.2, 0.25) is 5.91 Å². The van der Waals surface area contributed by atoms with Crippen LogP contribution in [0.3, 0.4) is 0 Å². The molecule has 1 aliphatic carbocycles. The minimum Gasteiger partial charge on any atom is -0.352 e. The Morgan fingerprint density at radius 3 is 2.60 bits per heavy atom. The molecule has 1 aliphatic rings. The molecule has 0 radical (unpaired) electrons. The molecule has 2 aromatic rings. The summed E-state index contributed by atoms with van der Waals surface area (Å²) in [5, 5.41) is 3.13. The highest BCUT2D eigenvalue weighted by Crippen LogP contribution is 2.22. The van der Waals surface area contributed by atoms with Crippen molar-refractivity contribution in [3.63, 3.8) is 0 Å². The van der Waals surface area contributed by atoms with Crippen molar-refractivity contribution in [3.05, 3.63) is 49.9 Å². The summed E-state index contributed by atoms with van der Waals surface area (Å²) in [7, 11) is 0. The van der Waals surface area contributed by atoms with E-state index in [0.717, 1.165) is 27.4 Å². The number of fused-ring (bicyclic) bond motifs is 1. The van der Waals surface area contributed by atoms with Crippen LogP contribution in [0, 0.1) is 10.9 Å². The number of carbonyl (C=O) groups is 1. The number of aryl methyl sites for hydroxylation is 1. The van der Waals surface area contributed by atoms with Gasteiger partial charge in [0.15, 0.2) is 3.95 Å². The molecule has 0 aliphatic heterocycles. The zero-order chi connectivity index (χ0) is 14.1. The standard InChI is InChI=1S/C15H16N2OS2/c1-9-13(20-15(19)16-9)8-14(18)17-12-6-10-4-2-3-5-11(10)7-12/h2-5,12H,6-8H2,1H3,(H,16,19)(H,17,18). The summed E-state index contributed by atoms with van der Waals surface area (Å²) >= 11 is 6.58. The number of carbonyl (C=O) groups excluding carboxylic acids is 1. The highest BCUT2D eigenvalue weighted by molar-refractivity contribution is 7.73. The second-order valence-corrected chi connectivity index (χ2v) is 6.95. The van der Waals surface area contributed by atoms with Crippen molar-refractivity contribution in [2.24, 2.45) is 0 Å². The molecule has 1 heterocycles. The molecular formula is C15H16N2OS2. The first-order chi connectivity index (χ1) is 9.61. The number of hydrogen-bond donors (Lipinski definition) is 2. The maximum atomic E-state index is 12.1. The second-order valence-electron chi connectivity index (χ2n) is 5.18. The first-order valence-electron chi connectivity index (χ1n) is 6.66. The number of aromatic amines is 1. The monoisotopic (exact) mass is 304 g/mol. The molecule has 5 heteroatoms. The first-order valence-corrected chi connectivity index (χ1v) is 7.89. The van der Waals surface area contributed by atoms with Gasteiger partial charge in [-0.15, -0.1) is 11.3 Å². The minimum absolute atomic E-state index is 0.0798. The molecule has 1 aromatic heterocycles. The lowest BCUT2D eigenvalue weighted by Gasteiger charge is -2.11. The van der Waals surface area contributed by atoms with Gasteiger partial charge in [-0.3, -0.25) is 4.79 Å². The molecule has 0 saturated heterocycles. The molecule has 104 valence electrons. The van der Waals surface area contributed by atoms with E-state index in [4.69, 9.17) is 12.2 Å². The third kappa shape index (κ3) is 2.83. The number of rotatable bonds is 3. The molecule has 1 aromatic carbocycles. The van der Waals surface area contributed by atoms with E-state index in [2.05, 4.69) is 34.6 Å². The highest BCUT2D eigenvalue weighted by Gasteiger charge is 2.22. The largest absolute Gasteiger partial charge is 0.352 e. The number of aromatic nitrogens is 1. The molecule has 3 nitrogen and oxygen atoms in total. The summed E-state index contributed by atoms with van der Waals surface area (Å²) in [6, 6.07) is 8.62. The molecule has 1 amide bonds. The van der Waals surface area contributed by atoms with Crippen molar-refractivity contribution < 1.29 is 4.79 Å². The molecule has 20 heavy (non-hydrogen) atoms. The van der Waals surface area contributed by atoms with Gasteiger partial charge >= 0.3 is 0 Å². The van der Waals surface area contributed by atoms with E-state index in [-0.39, 0.29) is 11.9 Å². The molecule has 0 bridgehead atoms. The smallest absolute Gasteiger partial charge is 0.225 e. The normalized spacial score (nSPS) is 14.2. The summed E-state index contributed by atoms with van der Waals surface area (Å²) in [5.41, 5.74) is 3.71. The Morgan fingerprint density at radius 1 is 1.40 bits per heavy atom. The SMILES string of the molecule is Cc1[nH]c(=S)sc1CC(=O)NC1Cc2ccccc2C1. The van der Waals surface area contributed by atoms with E-state index in [1.54, 1.807) is 0 Å². The van der Waals surface area contributed by atoms with Crippen molar-refractivity contribution in [1.29, 1.82) is 0 Å². The van der Waals surface area contributed by atoms with Crippen molar-refractivity contribution in [2.75, 3.05) is 0 Å². The maximum Gasteiger partial charge on any atom is 0.225 e. The van der Waals surface area contributed by atoms with Crippen LogP contribution in [0.15, 0.2) is 24.3 Å². The van der Waals surface area contributed by atoms with Gasteiger partial charge in [-0.05, 0) is 43.1 Å². The summed E-state index contributed by atoms with van der Waals surface area (Å²) < 4.78 is 0.735. The third-order valence-corrected chi connectivity index (χ3v) is 5.00. The van der Waals surface area contributed by atoms with Gasteiger partial charge in [-0.1, -0.05) is 24.3 Å². The number of amides is 1. The molecule has 0 saturated carbocycles. The lowest BCUT2D eigenvalue weighted by molar-refractivity contribution is -0.121. The van der Waals surface area contributed by atoms with Crippen LogP contribution in [0.5, 0.6) is 0 Å². The maximum absolute atomic E-state index is 12.1. The fraction of sp³-hybridized carbons (Fsp3) is 0.333. The van der Waals surface area contributed by atoms with Gasteiger partial charge in [0.1, 0.15) is 0 Å². The van der Waals surface area contributed by atoms with Crippen LogP contribution in [0.2, 0.25) is 0 Å². The van der Waals surface area contributed by atoms with Crippen LogP contribution in [-0.4, -0.2) is 16.9 Å². The Bertz CT molecular complexity index is 677. The van der Waals surface area contributed by atoms with Crippen molar-refractivity contribution >= 4 is 29.5 Å². The Labute approximate surface area is 127 Å². The minimum atomic E-state index is 0.0798. The molecule has 0 atom stereocenters. The molecule has 0 unspecified atom stereocenters. The summed E-state index contributed by atoms with van der Waals surface area (Å²) in [6.07, 6.45) is 2.28. The van der Waals surface area contributed by atoms with E-state index in [1.807, 2.05) is 6.92 Å². The number of benzene rings is 1. The first kappa shape index (κ1) is 13.5. The topological polar surface area (TPSA) is 44.9 Å². The molecular weight excluding hydrogens is 288 g/mol. The van der Waals surface area contributed by atoms with Gasteiger partial charge in [-0.2, -0.15) is 0 Å². The fourth-order valence-corrected chi connectivity index (χ4v) is 3.98. The van der Waals surface area contributed by atoms with Crippen molar-refractivity contribution in [3.8, 4) is 0 Å². The Hall–Kier alpha value is -1.46.